The van der Waals surface area contributed by atoms with Crippen LogP contribution in [0, 0.1) is 11.8 Å². The van der Waals surface area contributed by atoms with Crippen LogP contribution in [-0.4, -0.2) is 0 Å². The van der Waals surface area contributed by atoms with Gasteiger partial charge in [0.05, 0.1) is 0 Å². The molecule has 5 aromatic carbocycles. The smallest absolute Gasteiger partial charge is 0.0327 e. The van der Waals surface area contributed by atoms with Crippen molar-refractivity contribution in [1.29, 1.82) is 0 Å². The van der Waals surface area contributed by atoms with Gasteiger partial charge < -0.3 is 0 Å². The molecule has 0 N–H and O–H groups in total. The number of fused-ring (bicyclic) bond motifs is 3. The zero-order chi connectivity index (χ0) is 24.2. The topological polar surface area (TPSA) is 0 Å². The molecule has 0 fully saturated rings. The van der Waals surface area contributed by atoms with Crippen LogP contribution in [0.1, 0.15) is 27.8 Å². The SMILES string of the molecule is C(#Cc1ccccc1)/C(=C\C(=C1c2ccccc2-c2ccccc21)c1ccccc1)c1ccccc1. The molecule has 0 nitrogen and oxygen atoms in total. The van der Waals surface area contributed by atoms with Gasteiger partial charge in [-0.15, -0.1) is 0 Å². The van der Waals surface area contributed by atoms with Crippen molar-refractivity contribution in [3.63, 3.8) is 0 Å². The van der Waals surface area contributed by atoms with Gasteiger partial charge in [0.1, 0.15) is 0 Å². The van der Waals surface area contributed by atoms with Gasteiger partial charge in [0.25, 0.3) is 0 Å². The Morgan fingerprint density at radius 3 is 1.44 bits per heavy atom. The van der Waals surface area contributed by atoms with E-state index in [1.807, 2.05) is 24.3 Å². The molecule has 36 heavy (non-hydrogen) atoms. The maximum absolute atomic E-state index is 3.50. The van der Waals surface area contributed by atoms with Gasteiger partial charge in [0, 0.05) is 11.1 Å². The summed E-state index contributed by atoms with van der Waals surface area (Å²) in [4.78, 5) is 0. The zero-order valence-electron chi connectivity index (χ0n) is 19.9. The van der Waals surface area contributed by atoms with Crippen LogP contribution >= 0.6 is 0 Å². The van der Waals surface area contributed by atoms with Crippen LogP contribution in [0.25, 0.3) is 27.8 Å². The van der Waals surface area contributed by atoms with Gasteiger partial charge in [-0.05, 0) is 62.7 Å². The van der Waals surface area contributed by atoms with Crippen LogP contribution in [0.15, 0.2) is 146 Å². The first kappa shape index (κ1) is 21.7. The van der Waals surface area contributed by atoms with Crippen molar-refractivity contribution < 1.29 is 0 Å². The molecule has 0 bridgehead atoms. The summed E-state index contributed by atoms with van der Waals surface area (Å²) in [5.41, 5.74) is 11.8. The average molecular weight is 457 g/mol. The van der Waals surface area contributed by atoms with Crippen LogP contribution < -0.4 is 0 Å². The third kappa shape index (κ3) is 4.20. The summed E-state index contributed by atoms with van der Waals surface area (Å²) in [7, 11) is 0. The second-order valence-corrected chi connectivity index (χ2v) is 8.79. The molecule has 0 saturated heterocycles. The van der Waals surface area contributed by atoms with Crippen LogP contribution in [0.4, 0.5) is 0 Å². The van der Waals surface area contributed by atoms with E-state index in [-0.39, 0.29) is 0 Å². The quantitative estimate of drug-likeness (QED) is 0.234. The van der Waals surface area contributed by atoms with E-state index >= 15 is 0 Å². The van der Waals surface area contributed by atoms with E-state index in [0.717, 1.165) is 16.7 Å². The molecule has 0 aliphatic heterocycles. The third-order valence-corrected chi connectivity index (χ3v) is 6.53. The minimum absolute atomic E-state index is 0.993. The van der Waals surface area contributed by atoms with Gasteiger partial charge in [-0.3, -0.25) is 0 Å². The highest BCUT2D eigenvalue weighted by atomic mass is 14.3. The highest BCUT2D eigenvalue weighted by Crippen LogP contribution is 2.47. The largest absolute Gasteiger partial charge is 0.0622 e. The van der Waals surface area contributed by atoms with Crippen molar-refractivity contribution in [2.75, 3.05) is 0 Å². The van der Waals surface area contributed by atoms with Gasteiger partial charge in [0.15, 0.2) is 0 Å². The van der Waals surface area contributed by atoms with Crippen molar-refractivity contribution in [1.82, 2.24) is 0 Å². The molecule has 1 aliphatic rings. The van der Waals surface area contributed by atoms with Crippen molar-refractivity contribution in [3.05, 3.63) is 173 Å². The average Bonchev–Trinajstić information content (AvgIpc) is 3.29. The first-order valence-electron chi connectivity index (χ1n) is 12.2. The lowest BCUT2D eigenvalue weighted by Crippen LogP contribution is -1.92. The molecule has 0 unspecified atom stereocenters. The second kappa shape index (κ2) is 9.79. The Balaban J connectivity index is 1.65. The monoisotopic (exact) mass is 456 g/mol. The van der Waals surface area contributed by atoms with Crippen molar-refractivity contribution >= 4 is 16.7 Å². The Labute approximate surface area is 212 Å². The molecule has 0 heterocycles. The number of rotatable bonds is 3. The van der Waals surface area contributed by atoms with Crippen LogP contribution in [-0.2, 0) is 0 Å². The summed E-state index contributed by atoms with van der Waals surface area (Å²) in [6, 6.07) is 48.7. The summed E-state index contributed by atoms with van der Waals surface area (Å²) in [6.07, 6.45) is 2.27. The van der Waals surface area contributed by atoms with Crippen molar-refractivity contribution in [2.24, 2.45) is 0 Å². The molecule has 168 valence electrons. The highest BCUT2D eigenvalue weighted by molar-refractivity contribution is 6.13. The third-order valence-electron chi connectivity index (χ3n) is 6.53. The lowest BCUT2D eigenvalue weighted by atomic mass is 9.90. The van der Waals surface area contributed by atoms with Gasteiger partial charge in [0.2, 0.25) is 0 Å². The van der Waals surface area contributed by atoms with Gasteiger partial charge in [-0.25, -0.2) is 0 Å². The normalized spacial score (nSPS) is 11.8. The Hall–Kier alpha value is -4.86. The van der Waals surface area contributed by atoms with E-state index < -0.39 is 0 Å². The van der Waals surface area contributed by atoms with Crippen molar-refractivity contribution in [2.45, 2.75) is 0 Å². The fourth-order valence-corrected chi connectivity index (χ4v) is 4.84. The molecule has 0 atom stereocenters. The molecule has 0 amide bonds. The molecule has 1 aliphatic carbocycles. The van der Waals surface area contributed by atoms with E-state index in [2.05, 4.69) is 133 Å². The first-order valence-corrected chi connectivity index (χ1v) is 12.2. The molecule has 0 saturated carbocycles. The summed E-state index contributed by atoms with van der Waals surface area (Å²) >= 11 is 0. The van der Waals surface area contributed by atoms with E-state index in [1.165, 1.54) is 39.0 Å². The predicted molar refractivity (Wildman–Crippen MR) is 152 cm³/mol. The minimum atomic E-state index is 0.993. The molecule has 0 aromatic heterocycles. The standard InChI is InChI=1S/C36H24/c1-4-14-27(15-5-1)24-25-30(28-16-6-2-7-17-28)26-35(29-18-8-3-9-19-29)36-33-22-12-10-20-31(33)32-21-11-13-23-34(32)36/h1-23,26H/b30-26+. The highest BCUT2D eigenvalue weighted by Gasteiger charge is 2.25. The van der Waals surface area contributed by atoms with Crippen molar-refractivity contribution in [3.8, 4) is 23.0 Å². The number of allylic oxidation sites excluding steroid dienone is 3. The van der Waals surface area contributed by atoms with Gasteiger partial charge >= 0.3 is 0 Å². The lowest BCUT2D eigenvalue weighted by molar-refractivity contribution is 1.59. The summed E-state index contributed by atoms with van der Waals surface area (Å²) < 4.78 is 0. The van der Waals surface area contributed by atoms with Crippen LogP contribution in [0.5, 0.6) is 0 Å². The number of hydrogen-bond donors (Lipinski definition) is 0. The van der Waals surface area contributed by atoms with E-state index in [0.29, 0.717) is 0 Å². The second-order valence-electron chi connectivity index (χ2n) is 8.79. The van der Waals surface area contributed by atoms with E-state index in [4.69, 9.17) is 0 Å². The van der Waals surface area contributed by atoms with E-state index in [9.17, 15) is 0 Å². The Bertz CT molecular complexity index is 1590. The minimum Gasteiger partial charge on any atom is -0.0622 e. The van der Waals surface area contributed by atoms with Gasteiger partial charge in [-0.1, -0.05) is 139 Å². The molecule has 6 rings (SSSR count). The molecule has 0 radical (unpaired) electrons. The Morgan fingerprint density at radius 2 is 0.889 bits per heavy atom. The number of hydrogen-bond acceptors (Lipinski definition) is 0. The summed E-state index contributed by atoms with van der Waals surface area (Å²) in [6.45, 7) is 0. The molecular formula is C36H24. The molecule has 0 spiro atoms. The van der Waals surface area contributed by atoms with Crippen LogP contribution in [0.2, 0.25) is 0 Å². The molecule has 0 heteroatoms. The fraction of sp³-hybridized carbons (Fsp3) is 0. The first-order chi connectivity index (χ1) is 17.9. The Kier molecular flexibility index (Phi) is 5.89. The summed E-state index contributed by atoms with van der Waals surface area (Å²) in [5.74, 6) is 6.89. The van der Waals surface area contributed by atoms with E-state index in [1.54, 1.807) is 0 Å². The molecule has 5 aromatic rings. The zero-order valence-corrected chi connectivity index (χ0v) is 19.9. The molecular weight excluding hydrogens is 432 g/mol. The van der Waals surface area contributed by atoms with Crippen LogP contribution in [0.3, 0.4) is 0 Å². The number of benzene rings is 5. The summed E-state index contributed by atoms with van der Waals surface area (Å²) in [5, 5.41) is 0. The maximum Gasteiger partial charge on any atom is 0.0327 e. The maximum atomic E-state index is 3.50. The Morgan fingerprint density at radius 1 is 0.444 bits per heavy atom. The fourth-order valence-electron chi connectivity index (χ4n) is 4.84. The predicted octanol–water partition coefficient (Wildman–Crippen LogP) is 8.76. The van der Waals surface area contributed by atoms with Gasteiger partial charge in [-0.2, -0.15) is 0 Å². The lowest BCUT2D eigenvalue weighted by Gasteiger charge is -2.13.